The van der Waals surface area contributed by atoms with Crippen molar-refractivity contribution >= 4 is 34.6 Å². The number of carbonyl (C=O) groups excluding carboxylic acids is 1. The van der Waals surface area contributed by atoms with Gasteiger partial charge in [-0.2, -0.15) is 10.2 Å². The van der Waals surface area contributed by atoms with Crippen molar-refractivity contribution in [1.29, 1.82) is 0 Å². The third kappa shape index (κ3) is 4.38. The molecule has 1 aliphatic carbocycles. The van der Waals surface area contributed by atoms with Crippen LogP contribution in [0.25, 0.3) is 16.6 Å². The standard InChI is InChI=1S/C27H26N8O3/c1-3-38-25-9-17(35-14-28-13-31-35)12-29-27(25)32-26-19-6-4-16(8-24(19)33-34-26)20-11-21(20)22-10-18(37-2)5-7-23(22)30-15-36/h4-10,12-15,20-21H,3,11H2,1-2H3,(H,30,36)(H2,29,32,33,34). The van der Waals surface area contributed by atoms with Crippen molar-refractivity contribution in [3.8, 4) is 17.2 Å². The number of rotatable bonds is 10. The molecule has 38 heavy (non-hydrogen) atoms. The van der Waals surface area contributed by atoms with Gasteiger partial charge in [0.05, 0.1) is 31.1 Å². The van der Waals surface area contributed by atoms with Crippen LogP contribution in [0.3, 0.4) is 0 Å². The maximum absolute atomic E-state index is 11.1. The minimum absolute atomic E-state index is 0.298. The Labute approximate surface area is 218 Å². The third-order valence-corrected chi connectivity index (χ3v) is 6.74. The second kappa shape index (κ2) is 9.85. The Kier molecular flexibility index (Phi) is 6.08. The minimum Gasteiger partial charge on any atom is -0.497 e. The van der Waals surface area contributed by atoms with Crippen molar-refractivity contribution in [2.75, 3.05) is 24.4 Å². The molecule has 1 aliphatic rings. The Hall–Kier alpha value is -4.93. The number of H-pyrrole nitrogens is 1. The van der Waals surface area contributed by atoms with Crippen molar-refractivity contribution in [2.24, 2.45) is 0 Å². The van der Waals surface area contributed by atoms with Gasteiger partial charge in [-0.1, -0.05) is 6.07 Å². The Morgan fingerprint density at radius 3 is 2.87 bits per heavy atom. The van der Waals surface area contributed by atoms with E-state index in [0.717, 1.165) is 40.0 Å². The fourth-order valence-electron chi connectivity index (χ4n) is 4.81. The quantitative estimate of drug-likeness (QED) is 0.234. The lowest BCUT2D eigenvalue weighted by atomic mass is 10.0. The molecule has 2 unspecified atom stereocenters. The smallest absolute Gasteiger partial charge is 0.211 e. The van der Waals surface area contributed by atoms with E-state index in [1.54, 1.807) is 24.3 Å². The normalized spacial score (nSPS) is 16.3. The summed E-state index contributed by atoms with van der Waals surface area (Å²) in [7, 11) is 1.65. The molecule has 0 saturated heterocycles. The number of amides is 1. The van der Waals surface area contributed by atoms with E-state index >= 15 is 0 Å². The first kappa shape index (κ1) is 23.5. The summed E-state index contributed by atoms with van der Waals surface area (Å²) >= 11 is 0. The number of carbonyl (C=O) groups is 1. The Balaban J connectivity index is 1.24. The van der Waals surface area contributed by atoms with Gasteiger partial charge < -0.3 is 20.1 Å². The molecule has 0 spiro atoms. The maximum Gasteiger partial charge on any atom is 0.211 e. The van der Waals surface area contributed by atoms with Crippen LogP contribution in [0.4, 0.5) is 17.3 Å². The van der Waals surface area contributed by atoms with E-state index in [0.29, 0.717) is 42.2 Å². The number of aromatic nitrogens is 6. The second-order valence-electron chi connectivity index (χ2n) is 8.98. The van der Waals surface area contributed by atoms with Gasteiger partial charge in [-0.15, -0.1) is 0 Å². The average Bonchev–Trinajstić information content (AvgIpc) is 3.34. The van der Waals surface area contributed by atoms with Gasteiger partial charge in [0, 0.05) is 17.1 Å². The topological polar surface area (TPSA) is 132 Å². The molecule has 11 heteroatoms. The molecule has 2 aromatic carbocycles. The molecular formula is C27H26N8O3. The summed E-state index contributed by atoms with van der Waals surface area (Å²) < 4.78 is 12.9. The highest BCUT2D eigenvalue weighted by molar-refractivity contribution is 5.92. The first-order valence-electron chi connectivity index (χ1n) is 12.3. The van der Waals surface area contributed by atoms with Crippen LogP contribution in [0.1, 0.15) is 36.3 Å². The van der Waals surface area contributed by atoms with E-state index in [1.807, 2.05) is 31.2 Å². The minimum atomic E-state index is 0.298. The van der Waals surface area contributed by atoms with Gasteiger partial charge in [0.25, 0.3) is 0 Å². The number of hydrogen-bond donors (Lipinski definition) is 3. The van der Waals surface area contributed by atoms with E-state index < -0.39 is 0 Å². The second-order valence-corrected chi connectivity index (χ2v) is 8.98. The van der Waals surface area contributed by atoms with Crippen LogP contribution < -0.4 is 20.1 Å². The summed E-state index contributed by atoms with van der Waals surface area (Å²) in [6, 6.07) is 13.9. The lowest BCUT2D eigenvalue weighted by molar-refractivity contribution is -0.105. The maximum atomic E-state index is 11.1. The molecule has 1 saturated carbocycles. The lowest BCUT2D eigenvalue weighted by Crippen LogP contribution is -2.03. The summed E-state index contributed by atoms with van der Waals surface area (Å²) in [5.74, 6) is 3.22. The van der Waals surface area contributed by atoms with Gasteiger partial charge in [-0.25, -0.2) is 14.6 Å². The number of nitrogens with zero attached hydrogens (tertiary/aromatic N) is 5. The molecule has 1 fully saturated rings. The highest BCUT2D eigenvalue weighted by atomic mass is 16.5. The molecule has 2 atom stereocenters. The summed E-state index contributed by atoms with van der Waals surface area (Å²) in [6.45, 7) is 2.41. The summed E-state index contributed by atoms with van der Waals surface area (Å²) in [5, 5.41) is 18.9. The fourth-order valence-corrected chi connectivity index (χ4v) is 4.81. The lowest BCUT2D eigenvalue weighted by Gasteiger charge is -2.12. The highest BCUT2D eigenvalue weighted by Crippen LogP contribution is 2.57. The molecule has 3 heterocycles. The van der Waals surface area contributed by atoms with Crippen molar-refractivity contribution < 1.29 is 14.3 Å². The van der Waals surface area contributed by atoms with Crippen LogP contribution in [-0.4, -0.2) is 50.1 Å². The van der Waals surface area contributed by atoms with Crippen molar-refractivity contribution in [3.63, 3.8) is 0 Å². The van der Waals surface area contributed by atoms with Gasteiger partial charge in [-0.3, -0.25) is 9.89 Å². The molecule has 0 aliphatic heterocycles. The third-order valence-electron chi connectivity index (χ3n) is 6.74. The van der Waals surface area contributed by atoms with E-state index in [-0.39, 0.29) is 0 Å². The first-order chi connectivity index (χ1) is 18.7. The van der Waals surface area contributed by atoms with Gasteiger partial charge in [0.2, 0.25) is 6.41 Å². The zero-order valence-corrected chi connectivity index (χ0v) is 20.9. The van der Waals surface area contributed by atoms with Crippen LogP contribution >= 0.6 is 0 Å². The molecule has 5 aromatic rings. The number of methoxy groups -OCH3 is 1. The predicted octanol–water partition coefficient (Wildman–Crippen LogP) is 4.53. The molecule has 6 rings (SSSR count). The largest absolute Gasteiger partial charge is 0.497 e. The fraction of sp³-hybridized carbons (Fsp3) is 0.222. The molecule has 3 aromatic heterocycles. The number of aromatic amines is 1. The zero-order chi connectivity index (χ0) is 26.1. The van der Waals surface area contributed by atoms with Crippen molar-refractivity contribution in [2.45, 2.75) is 25.2 Å². The SMILES string of the molecule is CCOc1cc(-n2cncn2)cnc1Nc1n[nH]c2cc(C3CC3c3cc(OC)ccc3NC=O)ccc12. The van der Waals surface area contributed by atoms with Gasteiger partial charge in [0.15, 0.2) is 17.4 Å². The Morgan fingerprint density at radius 1 is 1.16 bits per heavy atom. The molecule has 0 radical (unpaired) electrons. The van der Waals surface area contributed by atoms with E-state index in [2.05, 4.69) is 54.1 Å². The number of pyridine rings is 1. The molecule has 192 valence electrons. The molecular weight excluding hydrogens is 484 g/mol. The molecule has 1 amide bonds. The van der Waals surface area contributed by atoms with Crippen LogP contribution in [-0.2, 0) is 4.79 Å². The summed E-state index contributed by atoms with van der Waals surface area (Å²) in [4.78, 5) is 19.6. The monoisotopic (exact) mass is 510 g/mol. The van der Waals surface area contributed by atoms with E-state index in [4.69, 9.17) is 9.47 Å². The number of hydrogen-bond acceptors (Lipinski definition) is 8. The number of nitrogens with one attached hydrogen (secondary N) is 3. The van der Waals surface area contributed by atoms with Gasteiger partial charge >= 0.3 is 0 Å². The number of benzene rings is 2. The van der Waals surface area contributed by atoms with Gasteiger partial charge in [0.1, 0.15) is 18.4 Å². The van der Waals surface area contributed by atoms with Crippen LogP contribution in [0.15, 0.2) is 61.3 Å². The number of ether oxygens (including phenoxy) is 2. The molecule has 11 nitrogen and oxygen atoms in total. The van der Waals surface area contributed by atoms with Crippen LogP contribution in [0.5, 0.6) is 11.5 Å². The predicted molar refractivity (Wildman–Crippen MR) is 142 cm³/mol. The number of anilines is 3. The molecule has 0 bridgehead atoms. The van der Waals surface area contributed by atoms with Gasteiger partial charge in [-0.05, 0) is 66.6 Å². The number of fused-ring (bicyclic) bond motifs is 1. The van der Waals surface area contributed by atoms with Crippen molar-refractivity contribution in [1.82, 2.24) is 29.9 Å². The Morgan fingerprint density at radius 2 is 2.08 bits per heavy atom. The van der Waals surface area contributed by atoms with Crippen LogP contribution in [0.2, 0.25) is 0 Å². The summed E-state index contributed by atoms with van der Waals surface area (Å²) in [5.41, 5.74) is 4.77. The highest BCUT2D eigenvalue weighted by Gasteiger charge is 2.41. The van der Waals surface area contributed by atoms with E-state index in [9.17, 15) is 4.79 Å². The average molecular weight is 511 g/mol. The summed E-state index contributed by atoms with van der Waals surface area (Å²) in [6.07, 6.45) is 6.48. The Bertz CT molecular complexity index is 1600. The van der Waals surface area contributed by atoms with E-state index in [1.165, 1.54) is 11.9 Å². The molecule has 3 N–H and O–H groups in total. The van der Waals surface area contributed by atoms with Crippen molar-refractivity contribution in [3.05, 3.63) is 72.4 Å². The van der Waals surface area contributed by atoms with Crippen LogP contribution in [0, 0.1) is 0 Å². The first-order valence-corrected chi connectivity index (χ1v) is 12.3. The zero-order valence-electron chi connectivity index (χ0n) is 20.9.